The van der Waals surface area contributed by atoms with Gasteiger partial charge in [0, 0.05) is 27.5 Å². The minimum atomic E-state index is 1.13. The van der Waals surface area contributed by atoms with Crippen LogP contribution in [-0.2, 0) is 0 Å². The van der Waals surface area contributed by atoms with Gasteiger partial charge in [-0.3, -0.25) is 0 Å². The van der Waals surface area contributed by atoms with Gasteiger partial charge >= 0.3 is 0 Å². The molecule has 0 saturated heterocycles. The predicted molar refractivity (Wildman–Crippen MR) is 231 cm³/mol. The Balaban J connectivity index is 1.11. The lowest BCUT2D eigenvalue weighted by Gasteiger charge is -2.30. The molecule has 1 nitrogen and oxygen atoms in total. The largest absolute Gasteiger partial charge is 0.309 e. The summed E-state index contributed by atoms with van der Waals surface area (Å²) in [6, 6.07) is 56.4. The maximum absolute atomic E-state index is 2.47. The van der Waals surface area contributed by atoms with E-state index in [4.69, 9.17) is 0 Å². The summed E-state index contributed by atoms with van der Waals surface area (Å²) in [5, 5.41) is 13.0. The van der Waals surface area contributed by atoms with Crippen molar-refractivity contribution in [3.63, 3.8) is 0 Å². The Bertz CT molecular complexity index is 2820. The van der Waals surface area contributed by atoms with Gasteiger partial charge < -0.3 is 4.90 Å². The van der Waals surface area contributed by atoms with Gasteiger partial charge in [0.1, 0.15) is 0 Å². The van der Waals surface area contributed by atoms with Gasteiger partial charge in [-0.25, -0.2) is 0 Å². The lowest BCUT2D eigenvalue weighted by molar-refractivity contribution is 0.602. The van der Waals surface area contributed by atoms with Gasteiger partial charge in [-0.2, -0.15) is 0 Å². The van der Waals surface area contributed by atoms with Crippen LogP contribution in [0.3, 0.4) is 0 Å². The summed E-state index contributed by atoms with van der Waals surface area (Å²) in [6.07, 6.45) is 13.4. The first-order chi connectivity index (χ1) is 26.2. The summed E-state index contributed by atoms with van der Waals surface area (Å²) in [5.41, 5.74) is 10.0. The van der Waals surface area contributed by atoms with Crippen LogP contribution in [-0.4, -0.2) is 0 Å². The topological polar surface area (TPSA) is 3.24 Å². The standard InChI is InChI=1S/C52H41N/c1-35-20-30-41(31-21-35)53(42-32-28-37(29-33-42)23-22-36-24-26-39(27-25-36)34-38-10-3-2-4-11-38)52-46-15-6-5-14-45(46)50-47-18-8-13-40-12-7-16-43(49(40)47)44-17-9-19-48(52)51(44)50/h5-9,12-34H,2-4,10-11H2,1H3. The van der Waals surface area contributed by atoms with Gasteiger partial charge in [0.25, 0.3) is 0 Å². The van der Waals surface area contributed by atoms with Crippen LogP contribution in [0.4, 0.5) is 17.1 Å². The van der Waals surface area contributed by atoms with Crippen LogP contribution in [0.2, 0.25) is 0 Å². The van der Waals surface area contributed by atoms with E-state index in [0.29, 0.717) is 0 Å². The fourth-order valence-electron chi connectivity index (χ4n) is 8.84. The average Bonchev–Trinajstić information content (AvgIpc) is 3.21. The molecule has 1 fully saturated rings. The maximum Gasteiger partial charge on any atom is 0.0619 e. The van der Waals surface area contributed by atoms with E-state index in [-0.39, 0.29) is 0 Å². The summed E-state index contributed by atoms with van der Waals surface area (Å²) >= 11 is 0. The number of anilines is 3. The van der Waals surface area contributed by atoms with E-state index in [0.717, 1.165) is 11.4 Å². The molecule has 53 heavy (non-hydrogen) atoms. The highest BCUT2D eigenvalue weighted by molar-refractivity contribution is 6.40. The van der Waals surface area contributed by atoms with Crippen LogP contribution in [0.1, 0.15) is 54.4 Å². The van der Waals surface area contributed by atoms with Gasteiger partial charge in [-0.15, -0.1) is 0 Å². The molecule has 1 aliphatic carbocycles. The highest BCUT2D eigenvalue weighted by Gasteiger charge is 2.23. The Hall–Kier alpha value is -6.18. The second-order valence-corrected chi connectivity index (χ2v) is 14.8. The van der Waals surface area contributed by atoms with Crippen molar-refractivity contribution in [2.24, 2.45) is 0 Å². The highest BCUT2D eigenvalue weighted by Crippen LogP contribution is 2.50. The lowest BCUT2D eigenvalue weighted by atomic mass is 9.86. The van der Waals surface area contributed by atoms with Crippen molar-refractivity contribution in [3.05, 3.63) is 179 Å². The molecule has 0 bridgehead atoms. The second-order valence-electron chi connectivity index (χ2n) is 14.8. The van der Waals surface area contributed by atoms with Gasteiger partial charge in [0.05, 0.1) is 5.69 Å². The molecule has 1 saturated carbocycles. The number of benzene rings is 9. The highest BCUT2D eigenvalue weighted by atomic mass is 15.1. The molecule has 9 aromatic rings. The second kappa shape index (κ2) is 13.1. The van der Waals surface area contributed by atoms with E-state index in [9.17, 15) is 0 Å². The zero-order chi connectivity index (χ0) is 35.3. The van der Waals surface area contributed by atoms with Crippen LogP contribution < -0.4 is 4.90 Å². The molecule has 0 spiro atoms. The minimum Gasteiger partial charge on any atom is -0.309 e. The summed E-state index contributed by atoms with van der Waals surface area (Å²) in [7, 11) is 0. The SMILES string of the molecule is Cc1ccc(N(c2ccc(C=Cc3ccc(C=C4CCCCC4)cc3)cc2)c2c3ccccc3c3c4cccc5cccc(c6cccc2c63)c54)cc1. The number of hydrogen-bond donors (Lipinski definition) is 0. The van der Waals surface area contributed by atoms with Crippen LogP contribution in [0.25, 0.3) is 72.1 Å². The molecule has 0 radical (unpaired) electrons. The quantitative estimate of drug-likeness (QED) is 0.0960. The summed E-state index contributed by atoms with van der Waals surface area (Å²) in [6.45, 7) is 2.16. The molecule has 254 valence electrons. The van der Waals surface area contributed by atoms with Crippen molar-refractivity contribution in [1.82, 2.24) is 0 Å². The molecule has 0 atom stereocenters. The summed E-state index contributed by atoms with van der Waals surface area (Å²) in [5.74, 6) is 0. The molecule has 0 aliphatic heterocycles. The zero-order valence-electron chi connectivity index (χ0n) is 30.1. The maximum atomic E-state index is 2.47. The summed E-state index contributed by atoms with van der Waals surface area (Å²) < 4.78 is 0. The molecule has 1 aliphatic rings. The monoisotopic (exact) mass is 679 g/mol. The Morgan fingerprint density at radius 3 is 1.60 bits per heavy atom. The molecule has 1 heteroatoms. The zero-order valence-corrected chi connectivity index (χ0v) is 30.1. The van der Waals surface area contributed by atoms with E-state index in [1.807, 2.05) is 0 Å². The molecule has 0 heterocycles. The number of hydrogen-bond acceptors (Lipinski definition) is 1. The first-order valence-corrected chi connectivity index (χ1v) is 19.1. The first kappa shape index (κ1) is 31.5. The van der Waals surface area contributed by atoms with Crippen LogP contribution in [0.15, 0.2) is 157 Å². The van der Waals surface area contributed by atoms with Gasteiger partial charge in [-0.1, -0.05) is 163 Å². The smallest absolute Gasteiger partial charge is 0.0619 e. The lowest BCUT2D eigenvalue weighted by Crippen LogP contribution is -2.11. The molecule has 0 N–H and O–H groups in total. The van der Waals surface area contributed by atoms with E-state index in [1.165, 1.54) is 114 Å². The molecular weight excluding hydrogens is 639 g/mol. The third-order valence-electron chi connectivity index (χ3n) is 11.4. The van der Waals surface area contributed by atoms with E-state index in [1.54, 1.807) is 5.57 Å². The fraction of sp³-hybridized carbons (Fsp3) is 0.115. The minimum absolute atomic E-state index is 1.13. The van der Waals surface area contributed by atoms with Crippen LogP contribution in [0.5, 0.6) is 0 Å². The Kier molecular flexibility index (Phi) is 7.80. The van der Waals surface area contributed by atoms with Gasteiger partial charge in [0.2, 0.25) is 0 Å². The first-order valence-electron chi connectivity index (χ1n) is 19.1. The van der Waals surface area contributed by atoms with E-state index < -0.39 is 0 Å². The molecule has 0 amide bonds. The van der Waals surface area contributed by atoms with Crippen molar-refractivity contribution in [2.45, 2.75) is 39.0 Å². The Labute approximate surface area is 311 Å². The van der Waals surface area contributed by atoms with Gasteiger partial charge in [0.15, 0.2) is 0 Å². The Morgan fingerprint density at radius 1 is 0.415 bits per heavy atom. The molecule has 0 unspecified atom stereocenters. The molecular formula is C52H41N. The van der Waals surface area contributed by atoms with Crippen LogP contribution in [0, 0.1) is 6.92 Å². The van der Waals surface area contributed by atoms with Crippen molar-refractivity contribution < 1.29 is 0 Å². The summed E-state index contributed by atoms with van der Waals surface area (Å²) in [4.78, 5) is 2.47. The van der Waals surface area contributed by atoms with Crippen molar-refractivity contribution in [3.8, 4) is 0 Å². The molecule has 0 aromatic heterocycles. The van der Waals surface area contributed by atoms with Crippen molar-refractivity contribution in [2.75, 3.05) is 4.90 Å². The average molecular weight is 680 g/mol. The van der Waals surface area contributed by atoms with Crippen molar-refractivity contribution in [1.29, 1.82) is 0 Å². The third kappa shape index (κ3) is 5.56. The molecule has 9 aromatic carbocycles. The number of nitrogens with zero attached hydrogens (tertiary/aromatic N) is 1. The number of rotatable bonds is 6. The number of fused-ring (bicyclic) bond motifs is 4. The fourth-order valence-corrected chi connectivity index (χ4v) is 8.84. The molecule has 10 rings (SSSR count). The third-order valence-corrected chi connectivity index (χ3v) is 11.4. The van der Waals surface area contributed by atoms with E-state index >= 15 is 0 Å². The number of allylic oxidation sites excluding steroid dienone is 1. The normalized spacial score (nSPS) is 13.6. The van der Waals surface area contributed by atoms with Crippen LogP contribution >= 0.6 is 0 Å². The van der Waals surface area contributed by atoms with Crippen molar-refractivity contribution >= 4 is 89.2 Å². The van der Waals surface area contributed by atoms with Gasteiger partial charge in [-0.05, 0) is 111 Å². The van der Waals surface area contributed by atoms with E-state index in [2.05, 4.69) is 182 Å². The number of aryl methyl sites for hydroxylation is 1. The Morgan fingerprint density at radius 2 is 0.906 bits per heavy atom. The predicted octanol–water partition coefficient (Wildman–Crippen LogP) is 15.2.